The number of nitrogens with zero attached hydrogens (tertiary/aromatic N) is 3. The van der Waals surface area contributed by atoms with Crippen molar-refractivity contribution in [1.82, 2.24) is 9.55 Å². The molecule has 2 aromatic rings. The minimum Gasteiger partial charge on any atom is -0.396 e. The molecule has 1 heterocycles. The Hall–Kier alpha value is -1.95. The van der Waals surface area contributed by atoms with Crippen LogP contribution in [0, 0.1) is 10.1 Å². The number of nitro groups is 1. The topological polar surface area (TPSA) is 81.2 Å². The molecule has 0 spiro atoms. The van der Waals surface area contributed by atoms with Crippen molar-refractivity contribution in [3.8, 4) is 0 Å². The lowest BCUT2D eigenvalue weighted by atomic mass is 9.88. The molecular weight excluding hydrogens is 294 g/mol. The van der Waals surface area contributed by atoms with Gasteiger partial charge in [-0.1, -0.05) is 19.3 Å². The van der Waals surface area contributed by atoms with E-state index >= 15 is 0 Å². The van der Waals surface area contributed by atoms with Gasteiger partial charge in [0.2, 0.25) is 0 Å². The maximum Gasteiger partial charge on any atom is 0.271 e. The molecule has 1 aromatic carbocycles. The number of non-ortho nitro benzene ring substituents is 1. The van der Waals surface area contributed by atoms with Gasteiger partial charge >= 0.3 is 0 Å². The second-order valence-electron chi connectivity index (χ2n) is 6.32. The van der Waals surface area contributed by atoms with Crippen molar-refractivity contribution < 1.29 is 10.0 Å². The van der Waals surface area contributed by atoms with E-state index in [1.54, 1.807) is 12.1 Å². The Balaban J connectivity index is 2.00. The predicted molar refractivity (Wildman–Crippen MR) is 88.5 cm³/mol. The number of aliphatic hydroxyl groups is 1. The SMILES string of the molecule is O=[N+]([O-])c1ccc2c(c1)nc(C1CCCCC1)n2CCCCO. The largest absolute Gasteiger partial charge is 0.396 e. The summed E-state index contributed by atoms with van der Waals surface area (Å²) in [6.45, 7) is 0.998. The van der Waals surface area contributed by atoms with Gasteiger partial charge in [-0.25, -0.2) is 4.98 Å². The first-order valence-corrected chi connectivity index (χ1v) is 8.46. The first kappa shape index (κ1) is 15.9. The Morgan fingerprint density at radius 2 is 2.04 bits per heavy atom. The molecule has 23 heavy (non-hydrogen) atoms. The van der Waals surface area contributed by atoms with Gasteiger partial charge in [0.25, 0.3) is 5.69 Å². The van der Waals surface area contributed by atoms with Gasteiger partial charge in [-0.2, -0.15) is 0 Å². The minimum absolute atomic E-state index is 0.0905. The minimum atomic E-state index is -0.371. The Morgan fingerprint density at radius 1 is 1.26 bits per heavy atom. The molecule has 6 heteroatoms. The maximum atomic E-state index is 11.0. The zero-order valence-electron chi connectivity index (χ0n) is 13.3. The van der Waals surface area contributed by atoms with Gasteiger partial charge in [0.05, 0.1) is 16.0 Å². The van der Waals surface area contributed by atoms with Crippen molar-refractivity contribution >= 4 is 16.7 Å². The fourth-order valence-corrected chi connectivity index (χ4v) is 3.54. The summed E-state index contributed by atoms with van der Waals surface area (Å²) in [7, 11) is 0. The van der Waals surface area contributed by atoms with Crippen LogP contribution in [-0.4, -0.2) is 26.2 Å². The van der Waals surface area contributed by atoms with E-state index in [1.807, 2.05) is 6.07 Å². The highest BCUT2D eigenvalue weighted by Gasteiger charge is 2.23. The second kappa shape index (κ2) is 7.08. The molecule has 0 unspecified atom stereocenters. The third-order valence-corrected chi connectivity index (χ3v) is 4.73. The van der Waals surface area contributed by atoms with Crippen LogP contribution in [0.4, 0.5) is 5.69 Å². The van der Waals surface area contributed by atoms with E-state index < -0.39 is 0 Å². The summed E-state index contributed by atoms with van der Waals surface area (Å²) in [5.74, 6) is 1.52. The van der Waals surface area contributed by atoms with E-state index in [-0.39, 0.29) is 17.2 Å². The molecule has 0 amide bonds. The van der Waals surface area contributed by atoms with Crippen LogP contribution in [0.25, 0.3) is 11.0 Å². The number of imidazole rings is 1. The van der Waals surface area contributed by atoms with Gasteiger partial charge < -0.3 is 9.67 Å². The van der Waals surface area contributed by atoms with Crippen molar-refractivity contribution in [3.63, 3.8) is 0 Å². The summed E-state index contributed by atoms with van der Waals surface area (Å²) in [5.41, 5.74) is 1.77. The summed E-state index contributed by atoms with van der Waals surface area (Å²) in [6, 6.07) is 4.94. The van der Waals surface area contributed by atoms with Gasteiger partial charge in [-0.3, -0.25) is 10.1 Å². The second-order valence-corrected chi connectivity index (χ2v) is 6.32. The van der Waals surface area contributed by atoms with E-state index in [2.05, 4.69) is 4.57 Å². The molecule has 1 aliphatic rings. The van der Waals surface area contributed by atoms with Crippen molar-refractivity contribution in [3.05, 3.63) is 34.1 Å². The normalized spacial score (nSPS) is 16.0. The molecule has 0 aliphatic heterocycles. The van der Waals surface area contributed by atoms with Gasteiger partial charge in [-0.15, -0.1) is 0 Å². The molecule has 6 nitrogen and oxygen atoms in total. The van der Waals surface area contributed by atoms with Gasteiger partial charge in [0.15, 0.2) is 0 Å². The van der Waals surface area contributed by atoms with Crippen molar-refractivity contribution in [1.29, 1.82) is 0 Å². The van der Waals surface area contributed by atoms with E-state index in [0.29, 0.717) is 11.4 Å². The summed E-state index contributed by atoms with van der Waals surface area (Å²) >= 11 is 0. The van der Waals surface area contributed by atoms with E-state index in [0.717, 1.165) is 43.6 Å². The third-order valence-electron chi connectivity index (χ3n) is 4.73. The molecule has 0 radical (unpaired) electrons. The number of aliphatic hydroxyl groups excluding tert-OH is 1. The molecule has 0 bridgehead atoms. The lowest BCUT2D eigenvalue weighted by molar-refractivity contribution is -0.384. The molecular formula is C17H23N3O3. The average Bonchev–Trinajstić information content (AvgIpc) is 2.94. The number of benzene rings is 1. The molecule has 124 valence electrons. The van der Waals surface area contributed by atoms with Gasteiger partial charge in [0.1, 0.15) is 5.82 Å². The number of hydrogen-bond acceptors (Lipinski definition) is 4. The monoisotopic (exact) mass is 317 g/mol. The number of aromatic nitrogens is 2. The standard InChI is InChI=1S/C17H23N3O3/c21-11-5-4-10-19-16-9-8-14(20(22)23)12-15(16)18-17(19)13-6-2-1-3-7-13/h8-9,12-13,21H,1-7,10-11H2. The summed E-state index contributed by atoms with van der Waals surface area (Å²) in [5, 5.41) is 20.0. The smallest absolute Gasteiger partial charge is 0.271 e. The molecule has 0 atom stereocenters. The quantitative estimate of drug-likeness (QED) is 0.499. The van der Waals surface area contributed by atoms with Crippen LogP contribution >= 0.6 is 0 Å². The zero-order valence-corrected chi connectivity index (χ0v) is 13.3. The molecule has 1 fully saturated rings. The highest BCUT2D eigenvalue weighted by atomic mass is 16.6. The van der Waals surface area contributed by atoms with Crippen LogP contribution in [0.2, 0.25) is 0 Å². The zero-order chi connectivity index (χ0) is 16.2. The number of hydrogen-bond donors (Lipinski definition) is 1. The Kier molecular flexibility index (Phi) is 4.91. The highest BCUT2D eigenvalue weighted by molar-refractivity contribution is 5.79. The van der Waals surface area contributed by atoms with Crippen LogP contribution in [0.5, 0.6) is 0 Å². The number of aryl methyl sites for hydroxylation is 1. The first-order chi connectivity index (χ1) is 11.2. The van der Waals surface area contributed by atoms with Crippen LogP contribution in [0.15, 0.2) is 18.2 Å². The van der Waals surface area contributed by atoms with Gasteiger partial charge in [0, 0.05) is 31.2 Å². The average molecular weight is 317 g/mol. The Labute approximate surface area is 135 Å². The molecule has 1 saturated carbocycles. The molecule has 0 saturated heterocycles. The van der Waals surface area contributed by atoms with Crippen LogP contribution in [0.3, 0.4) is 0 Å². The number of fused-ring (bicyclic) bond motifs is 1. The summed E-state index contributed by atoms with van der Waals surface area (Å²) in [4.78, 5) is 15.4. The van der Waals surface area contributed by atoms with Crippen LogP contribution in [0.1, 0.15) is 56.7 Å². The van der Waals surface area contributed by atoms with E-state index in [4.69, 9.17) is 10.1 Å². The maximum absolute atomic E-state index is 11.0. The highest BCUT2D eigenvalue weighted by Crippen LogP contribution is 2.34. The molecule has 1 aliphatic carbocycles. The molecule has 1 N–H and O–H groups in total. The molecule has 3 rings (SSSR count). The first-order valence-electron chi connectivity index (χ1n) is 8.46. The van der Waals surface area contributed by atoms with Gasteiger partial charge in [-0.05, 0) is 31.7 Å². The van der Waals surface area contributed by atoms with Crippen molar-refractivity contribution in [2.45, 2.75) is 57.4 Å². The predicted octanol–water partition coefficient (Wildman–Crippen LogP) is 3.76. The fourth-order valence-electron chi connectivity index (χ4n) is 3.54. The number of rotatable bonds is 6. The number of unbranched alkanes of at least 4 members (excludes halogenated alkanes) is 1. The lowest BCUT2D eigenvalue weighted by Crippen LogP contribution is -2.12. The van der Waals surface area contributed by atoms with E-state index in [9.17, 15) is 10.1 Å². The van der Waals surface area contributed by atoms with Crippen LogP contribution < -0.4 is 0 Å². The Bertz CT molecular complexity index is 690. The van der Waals surface area contributed by atoms with Crippen LogP contribution in [-0.2, 0) is 6.54 Å². The summed E-state index contributed by atoms with van der Waals surface area (Å²) in [6.07, 6.45) is 7.67. The fraction of sp³-hybridized carbons (Fsp3) is 0.588. The molecule has 1 aromatic heterocycles. The third kappa shape index (κ3) is 3.37. The van der Waals surface area contributed by atoms with E-state index in [1.165, 1.54) is 19.3 Å². The summed E-state index contributed by atoms with van der Waals surface area (Å²) < 4.78 is 2.21. The lowest BCUT2D eigenvalue weighted by Gasteiger charge is -2.22. The van der Waals surface area contributed by atoms with Crippen molar-refractivity contribution in [2.75, 3.05) is 6.61 Å². The number of nitro benzene ring substituents is 1. The van der Waals surface area contributed by atoms with Crippen molar-refractivity contribution in [2.24, 2.45) is 0 Å². The Morgan fingerprint density at radius 3 is 2.74 bits per heavy atom.